The molecule has 0 aromatic heterocycles. The number of rotatable bonds is 3. The summed E-state index contributed by atoms with van der Waals surface area (Å²) in [5.74, 6) is 4.23. The Morgan fingerprint density at radius 1 is 1.06 bits per heavy atom. The molecule has 3 saturated carbocycles. The lowest BCUT2D eigenvalue weighted by Crippen LogP contribution is -2.26. The summed E-state index contributed by atoms with van der Waals surface area (Å²) in [6, 6.07) is 12.2. The highest BCUT2D eigenvalue weighted by Crippen LogP contribution is 2.65. The predicted octanol–water partition coefficient (Wildman–Crippen LogP) is 3.38. The molecule has 2 bridgehead atoms. The Morgan fingerprint density at radius 2 is 1.71 bits per heavy atom. The minimum absolute atomic E-state index is 0.520. The molecule has 17 heavy (non-hydrogen) atoms. The molecule has 0 amide bonds. The number of hydrogen-bond donors (Lipinski definition) is 1. The van der Waals surface area contributed by atoms with E-state index < -0.39 is 0 Å². The summed E-state index contributed by atoms with van der Waals surface area (Å²) in [7, 11) is 0. The standard InChI is InChI=1S/C16H21N/c1-10(11-5-3-2-4-6-11)17-16-14-12-7-8-13(9-12)15(14)16/h2-6,10,12-17H,7-9H2,1H3. The van der Waals surface area contributed by atoms with Crippen molar-refractivity contribution in [2.45, 2.75) is 38.3 Å². The van der Waals surface area contributed by atoms with Crippen molar-refractivity contribution in [3.05, 3.63) is 35.9 Å². The molecule has 0 heterocycles. The Balaban J connectivity index is 1.43. The molecule has 4 rings (SSSR count). The molecule has 5 unspecified atom stereocenters. The molecule has 0 spiro atoms. The van der Waals surface area contributed by atoms with Crippen LogP contribution in [0, 0.1) is 23.7 Å². The van der Waals surface area contributed by atoms with E-state index in [-0.39, 0.29) is 0 Å². The normalized spacial score (nSPS) is 43.5. The van der Waals surface area contributed by atoms with E-state index in [4.69, 9.17) is 0 Å². The summed E-state index contributed by atoms with van der Waals surface area (Å²) >= 11 is 0. The Morgan fingerprint density at radius 3 is 2.35 bits per heavy atom. The summed E-state index contributed by atoms with van der Waals surface area (Å²) in [5, 5.41) is 3.87. The summed E-state index contributed by atoms with van der Waals surface area (Å²) < 4.78 is 0. The highest BCUT2D eigenvalue weighted by Gasteiger charge is 2.64. The molecular formula is C16H21N. The van der Waals surface area contributed by atoms with Gasteiger partial charge < -0.3 is 5.32 Å². The van der Waals surface area contributed by atoms with Crippen molar-refractivity contribution in [1.82, 2.24) is 5.32 Å². The third-order valence-electron chi connectivity index (χ3n) is 5.48. The van der Waals surface area contributed by atoms with Crippen molar-refractivity contribution in [2.75, 3.05) is 0 Å². The predicted molar refractivity (Wildman–Crippen MR) is 69.6 cm³/mol. The summed E-state index contributed by atoms with van der Waals surface area (Å²) in [6.45, 7) is 2.31. The minimum Gasteiger partial charge on any atom is -0.307 e. The van der Waals surface area contributed by atoms with E-state index in [0.717, 1.165) is 29.7 Å². The van der Waals surface area contributed by atoms with Crippen LogP contribution in [0.4, 0.5) is 0 Å². The van der Waals surface area contributed by atoms with E-state index in [0.29, 0.717) is 6.04 Å². The second-order valence-electron chi connectivity index (χ2n) is 6.31. The zero-order valence-electron chi connectivity index (χ0n) is 10.5. The van der Waals surface area contributed by atoms with Crippen molar-refractivity contribution in [1.29, 1.82) is 0 Å². The number of nitrogens with one attached hydrogen (secondary N) is 1. The zero-order chi connectivity index (χ0) is 11.4. The van der Waals surface area contributed by atoms with Crippen molar-refractivity contribution >= 4 is 0 Å². The average Bonchev–Trinajstić information content (AvgIpc) is 2.76. The van der Waals surface area contributed by atoms with Gasteiger partial charge in [-0.2, -0.15) is 0 Å². The second-order valence-corrected chi connectivity index (χ2v) is 6.31. The SMILES string of the molecule is CC(NC1C2C3CCC(C3)C12)c1ccccc1. The first-order valence-corrected chi connectivity index (χ1v) is 7.15. The van der Waals surface area contributed by atoms with Crippen LogP contribution in [0.2, 0.25) is 0 Å². The molecule has 0 saturated heterocycles. The van der Waals surface area contributed by atoms with Crippen LogP contribution in [0.5, 0.6) is 0 Å². The molecule has 1 nitrogen and oxygen atoms in total. The molecule has 3 aliphatic carbocycles. The maximum atomic E-state index is 3.87. The second kappa shape index (κ2) is 3.58. The maximum Gasteiger partial charge on any atom is 0.0294 e. The first-order chi connectivity index (χ1) is 8.34. The van der Waals surface area contributed by atoms with Gasteiger partial charge in [-0.1, -0.05) is 30.3 Å². The highest BCUT2D eigenvalue weighted by molar-refractivity contribution is 5.22. The van der Waals surface area contributed by atoms with Crippen molar-refractivity contribution in [3.8, 4) is 0 Å². The molecule has 3 fully saturated rings. The van der Waals surface area contributed by atoms with Crippen LogP contribution in [0.15, 0.2) is 30.3 Å². The smallest absolute Gasteiger partial charge is 0.0294 e. The molecule has 5 atom stereocenters. The van der Waals surface area contributed by atoms with E-state index in [1.807, 2.05) is 0 Å². The third-order valence-corrected chi connectivity index (χ3v) is 5.48. The molecule has 1 aromatic rings. The zero-order valence-corrected chi connectivity index (χ0v) is 10.5. The topological polar surface area (TPSA) is 12.0 Å². The van der Waals surface area contributed by atoms with Crippen LogP contribution in [0.1, 0.15) is 37.8 Å². The van der Waals surface area contributed by atoms with Gasteiger partial charge in [-0.15, -0.1) is 0 Å². The number of fused-ring (bicyclic) bond motifs is 5. The van der Waals surface area contributed by atoms with Gasteiger partial charge in [0.25, 0.3) is 0 Å². The largest absolute Gasteiger partial charge is 0.307 e. The van der Waals surface area contributed by atoms with Gasteiger partial charge in [-0.05, 0) is 55.4 Å². The van der Waals surface area contributed by atoms with Crippen molar-refractivity contribution < 1.29 is 0 Å². The molecule has 0 radical (unpaired) electrons. The Hall–Kier alpha value is -0.820. The number of benzene rings is 1. The van der Waals surface area contributed by atoms with Gasteiger partial charge >= 0.3 is 0 Å². The van der Waals surface area contributed by atoms with Crippen LogP contribution in [0.25, 0.3) is 0 Å². The first-order valence-electron chi connectivity index (χ1n) is 7.15. The lowest BCUT2D eigenvalue weighted by atomic mass is 10.0. The van der Waals surface area contributed by atoms with Gasteiger partial charge in [0.2, 0.25) is 0 Å². The maximum absolute atomic E-state index is 3.87. The first kappa shape index (κ1) is 10.1. The lowest BCUT2D eigenvalue weighted by Gasteiger charge is -2.17. The molecule has 1 N–H and O–H groups in total. The van der Waals surface area contributed by atoms with Gasteiger partial charge in [-0.25, -0.2) is 0 Å². The fourth-order valence-corrected chi connectivity index (χ4v) is 4.67. The summed E-state index contributed by atoms with van der Waals surface area (Å²) in [6.07, 6.45) is 4.58. The molecule has 1 heteroatoms. The molecule has 90 valence electrons. The van der Waals surface area contributed by atoms with E-state index in [2.05, 4.69) is 42.6 Å². The van der Waals surface area contributed by atoms with Gasteiger partial charge in [0.1, 0.15) is 0 Å². The van der Waals surface area contributed by atoms with Gasteiger partial charge in [0.15, 0.2) is 0 Å². The van der Waals surface area contributed by atoms with E-state index in [1.54, 1.807) is 6.42 Å². The Bertz CT molecular complexity index is 397. The molecule has 3 aliphatic rings. The minimum atomic E-state index is 0.520. The van der Waals surface area contributed by atoms with Crippen molar-refractivity contribution in [2.24, 2.45) is 23.7 Å². The Kier molecular flexibility index (Phi) is 2.14. The van der Waals surface area contributed by atoms with Gasteiger partial charge in [0, 0.05) is 12.1 Å². The van der Waals surface area contributed by atoms with Crippen LogP contribution >= 0.6 is 0 Å². The van der Waals surface area contributed by atoms with E-state index >= 15 is 0 Å². The van der Waals surface area contributed by atoms with Crippen molar-refractivity contribution in [3.63, 3.8) is 0 Å². The quantitative estimate of drug-likeness (QED) is 0.834. The molecular weight excluding hydrogens is 206 g/mol. The Labute approximate surface area is 104 Å². The van der Waals surface area contributed by atoms with Crippen LogP contribution in [0.3, 0.4) is 0 Å². The fourth-order valence-electron chi connectivity index (χ4n) is 4.67. The van der Waals surface area contributed by atoms with Crippen LogP contribution < -0.4 is 5.32 Å². The molecule has 0 aliphatic heterocycles. The summed E-state index contributed by atoms with van der Waals surface area (Å²) in [5.41, 5.74) is 1.44. The van der Waals surface area contributed by atoms with E-state index in [9.17, 15) is 0 Å². The van der Waals surface area contributed by atoms with Crippen LogP contribution in [-0.2, 0) is 0 Å². The van der Waals surface area contributed by atoms with Gasteiger partial charge in [0.05, 0.1) is 0 Å². The van der Waals surface area contributed by atoms with E-state index in [1.165, 1.54) is 18.4 Å². The fraction of sp³-hybridized carbons (Fsp3) is 0.625. The molecule has 1 aromatic carbocycles. The lowest BCUT2D eigenvalue weighted by molar-refractivity contribution is 0.433. The van der Waals surface area contributed by atoms with Gasteiger partial charge in [-0.3, -0.25) is 0 Å². The highest BCUT2D eigenvalue weighted by atomic mass is 15.0. The number of hydrogen-bond acceptors (Lipinski definition) is 1. The van der Waals surface area contributed by atoms with Crippen LogP contribution in [-0.4, -0.2) is 6.04 Å². The monoisotopic (exact) mass is 227 g/mol. The summed E-state index contributed by atoms with van der Waals surface area (Å²) in [4.78, 5) is 0. The average molecular weight is 227 g/mol. The third kappa shape index (κ3) is 1.48.